The van der Waals surface area contributed by atoms with Crippen LogP contribution in [0.25, 0.3) is 11.1 Å². The first-order valence-electron chi connectivity index (χ1n) is 6.06. The van der Waals surface area contributed by atoms with Gasteiger partial charge in [0.15, 0.2) is 5.58 Å². The van der Waals surface area contributed by atoms with E-state index in [0.717, 1.165) is 29.4 Å². The largest absolute Gasteiger partial charge is 0.431 e. The quantitative estimate of drug-likeness (QED) is 0.917. The first-order chi connectivity index (χ1) is 8.31. The van der Waals surface area contributed by atoms with Crippen molar-refractivity contribution in [2.24, 2.45) is 0 Å². The van der Waals surface area contributed by atoms with Gasteiger partial charge in [-0.1, -0.05) is 17.8 Å². The maximum atomic E-state index is 5.78. The van der Waals surface area contributed by atoms with Crippen molar-refractivity contribution in [1.29, 1.82) is 0 Å². The number of oxazole rings is 1. The first kappa shape index (κ1) is 13.7. The minimum atomic E-state index is 0. The Morgan fingerprint density at radius 3 is 2.89 bits per heavy atom. The number of thioether (sulfide) groups is 1. The van der Waals surface area contributed by atoms with Gasteiger partial charge in [0.2, 0.25) is 0 Å². The Morgan fingerprint density at radius 1 is 1.33 bits per heavy atom. The molecule has 1 N–H and O–H groups in total. The lowest BCUT2D eigenvalue weighted by Gasteiger charge is -2.20. The zero-order chi connectivity index (χ0) is 11.7. The van der Waals surface area contributed by atoms with Crippen molar-refractivity contribution in [3.63, 3.8) is 0 Å². The third-order valence-electron chi connectivity index (χ3n) is 3.08. The molecular formula is C13H17ClN2OS. The Bertz CT molecular complexity index is 523. The van der Waals surface area contributed by atoms with Crippen molar-refractivity contribution >= 4 is 35.3 Å². The molecule has 18 heavy (non-hydrogen) atoms. The van der Waals surface area contributed by atoms with Gasteiger partial charge in [-0.15, -0.1) is 12.4 Å². The summed E-state index contributed by atoms with van der Waals surface area (Å²) in [6, 6.07) is 6.15. The zero-order valence-corrected chi connectivity index (χ0v) is 11.9. The average molecular weight is 285 g/mol. The van der Waals surface area contributed by atoms with Gasteiger partial charge in [-0.05, 0) is 50.6 Å². The molecule has 2 heterocycles. The van der Waals surface area contributed by atoms with Gasteiger partial charge in [-0.2, -0.15) is 0 Å². The Balaban J connectivity index is 0.00000120. The summed E-state index contributed by atoms with van der Waals surface area (Å²) >= 11 is 1.78. The molecule has 98 valence electrons. The zero-order valence-electron chi connectivity index (χ0n) is 10.3. The molecule has 1 aliphatic rings. The Hall–Kier alpha value is -0.710. The van der Waals surface area contributed by atoms with Gasteiger partial charge in [0, 0.05) is 5.25 Å². The number of rotatable bonds is 2. The Morgan fingerprint density at radius 2 is 2.11 bits per heavy atom. The third kappa shape index (κ3) is 2.99. The molecular weight excluding hydrogens is 268 g/mol. The van der Waals surface area contributed by atoms with E-state index in [9.17, 15) is 0 Å². The summed E-state index contributed by atoms with van der Waals surface area (Å²) in [5.41, 5.74) is 3.08. The van der Waals surface area contributed by atoms with Gasteiger partial charge < -0.3 is 9.73 Å². The summed E-state index contributed by atoms with van der Waals surface area (Å²) in [7, 11) is 0. The van der Waals surface area contributed by atoms with E-state index in [1.165, 1.54) is 18.4 Å². The van der Waals surface area contributed by atoms with Crippen LogP contribution in [0.4, 0.5) is 0 Å². The van der Waals surface area contributed by atoms with Gasteiger partial charge in [-0.25, -0.2) is 4.98 Å². The predicted octanol–water partition coefficient (Wildman–Crippen LogP) is 3.40. The van der Waals surface area contributed by atoms with E-state index >= 15 is 0 Å². The summed E-state index contributed by atoms with van der Waals surface area (Å²) in [5, 5.41) is 4.83. The smallest absolute Gasteiger partial charge is 0.257 e. The molecule has 0 bridgehead atoms. The summed E-state index contributed by atoms with van der Waals surface area (Å²) in [4.78, 5) is 4.52. The standard InChI is InChI=1S/C13H16N2OS.ClH/c1-9-2-3-11-12(8-9)16-13(15-11)17-10-4-6-14-7-5-10;/h2-3,8,10,14H,4-7H2,1H3;1H. The number of benzene rings is 1. The number of aryl methyl sites for hydroxylation is 1. The summed E-state index contributed by atoms with van der Waals surface area (Å²) in [5.74, 6) is 0. The van der Waals surface area contributed by atoms with Crippen molar-refractivity contribution < 1.29 is 4.42 Å². The first-order valence-corrected chi connectivity index (χ1v) is 6.94. The van der Waals surface area contributed by atoms with Gasteiger partial charge in [0.1, 0.15) is 5.52 Å². The van der Waals surface area contributed by atoms with Gasteiger partial charge in [0.05, 0.1) is 0 Å². The molecule has 3 nitrogen and oxygen atoms in total. The highest BCUT2D eigenvalue weighted by Crippen LogP contribution is 2.30. The Kier molecular flexibility index (Phi) is 4.54. The number of halogens is 1. The lowest BCUT2D eigenvalue weighted by Crippen LogP contribution is -2.29. The van der Waals surface area contributed by atoms with Crippen molar-refractivity contribution in [3.8, 4) is 0 Å². The van der Waals surface area contributed by atoms with E-state index in [1.54, 1.807) is 11.8 Å². The molecule has 0 unspecified atom stereocenters. The number of nitrogens with zero attached hydrogens (tertiary/aromatic N) is 1. The highest BCUT2D eigenvalue weighted by Gasteiger charge is 2.17. The maximum Gasteiger partial charge on any atom is 0.257 e. The van der Waals surface area contributed by atoms with Crippen LogP contribution in [0.1, 0.15) is 18.4 Å². The summed E-state index contributed by atoms with van der Waals surface area (Å²) in [6.45, 7) is 4.29. The molecule has 1 fully saturated rings. The van der Waals surface area contributed by atoms with Gasteiger partial charge >= 0.3 is 0 Å². The topological polar surface area (TPSA) is 38.1 Å². The number of hydrogen-bond acceptors (Lipinski definition) is 4. The van der Waals surface area contributed by atoms with E-state index in [0.29, 0.717) is 5.25 Å². The highest BCUT2D eigenvalue weighted by atomic mass is 35.5. The van der Waals surface area contributed by atoms with Gasteiger partial charge in [-0.3, -0.25) is 0 Å². The van der Waals surface area contributed by atoms with Crippen molar-refractivity contribution in [3.05, 3.63) is 23.8 Å². The molecule has 1 saturated heterocycles. The molecule has 0 aliphatic carbocycles. The minimum Gasteiger partial charge on any atom is -0.431 e. The van der Waals surface area contributed by atoms with Crippen LogP contribution >= 0.6 is 24.2 Å². The van der Waals surface area contributed by atoms with Crippen LogP contribution in [0.3, 0.4) is 0 Å². The monoisotopic (exact) mass is 284 g/mol. The fraction of sp³-hybridized carbons (Fsp3) is 0.462. The fourth-order valence-electron chi connectivity index (χ4n) is 2.12. The highest BCUT2D eigenvalue weighted by molar-refractivity contribution is 7.99. The molecule has 1 aromatic carbocycles. The van der Waals surface area contributed by atoms with Crippen LogP contribution in [0, 0.1) is 6.92 Å². The van der Waals surface area contributed by atoms with Crippen LogP contribution in [0.5, 0.6) is 0 Å². The van der Waals surface area contributed by atoms with E-state index in [-0.39, 0.29) is 12.4 Å². The van der Waals surface area contributed by atoms with Crippen LogP contribution in [-0.2, 0) is 0 Å². The maximum absolute atomic E-state index is 5.78. The summed E-state index contributed by atoms with van der Waals surface area (Å²) in [6.07, 6.45) is 2.39. The molecule has 5 heteroatoms. The normalized spacial score (nSPS) is 16.7. The summed E-state index contributed by atoms with van der Waals surface area (Å²) < 4.78 is 5.78. The van der Waals surface area contributed by atoms with Gasteiger partial charge in [0.25, 0.3) is 5.22 Å². The van der Waals surface area contributed by atoms with Crippen molar-refractivity contribution in [2.45, 2.75) is 30.2 Å². The molecule has 0 atom stereocenters. The van der Waals surface area contributed by atoms with E-state index in [1.807, 2.05) is 6.07 Å². The second-order valence-corrected chi connectivity index (χ2v) is 5.77. The number of aromatic nitrogens is 1. The molecule has 1 aliphatic heterocycles. The molecule has 0 radical (unpaired) electrons. The second-order valence-electron chi connectivity index (χ2n) is 4.52. The Labute approximate surface area is 117 Å². The van der Waals surface area contributed by atoms with Crippen molar-refractivity contribution in [2.75, 3.05) is 13.1 Å². The lowest BCUT2D eigenvalue weighted by atomic mass is 10.2. The fourth-order valence-corrected chi connectivity index (χ4v) is 3.16. The lowest BCUT2D eigenvalue weighted by molar-refractivity contribution is 0.480. The van der Waals surface area contributed by atoms with Crippen molar-refractivity contribution in [1.82, 2.24) is 10.3 Å². The number of hydrogen-bond donors (Lipinski definition) is 1. The molecule has 2 aromatic rings. The molecule has 0 saturated carbocycles. The predicted molar refractivity (Wildman–Crippen MR) is 77.7 cm³/mol. The van der Waals surface area contributed by atoms with E-state index in [4.69, 9.17) is 4.42 Å². The SMILES string of the molecule is Cc1ccc2nc(SC3CCNCC3)oc2c1.Cl. The molecule has 3 rings (SSSR count). The van der Waals surface area contributed by atoms with E-state index in [2.05, 4.69) is 29.4 Å². The molecule has 1 aromatic heterocycles. The van der Waals surface area contributed by atoms with Crippen LogP contribution < -0.4 is 5.32 Å². The molecule has 0 spiro atoms. The van der Waals surface area contributed by atoms with Crippen LogP contribution in [0.15, 0.2) is 27.8 Å². The molecule has 0 amide bonds. The average Bonchev–Trinajstić information content (AvgIpc) is 2.71. The number of fused-ring (bicyclic) bond motifs is 1. The number of piperidine rings is 1. The number of nitrogens with one attached hydrogen (secondary N) is 1. The second kappa shape index (κ2) is 5.95. The third-order valence-corrected chi connectivity index (χ3v) is 4.26. The van der Waals surface area contributed by atoms with Crippen LogP contribution in [-0.4, -0.2) is 23.3 Å². The van der Waals surface area contributed by atoms with Crippen LogP contribution in [0.2, 0.25) is 0 Å². The van der Waals surface area contributed by atoms with E-state index < -0.39 is 0 Å². The minimum absolute atomic E-state index is 0.